The van der Waals surface area contributed by atoms with Gasteiger partial charge in [-0.25, -0.2) is 0 Å². The first-order chi connectivity index (χ1) is 1.73. The van der Waals surface area contributed by atoms with Crippen LogP contribution in [-0.2, 0) is 0 Å². The second-order valence-corrected chi connectivity index (χ2v) is 5.17. The number of nitrogens with zero attached hydrogens (tertiary/aromatic N) is 1. The summed E-state index contributed by atoms with van der Waals surface area (Å²) in [6.07, 6.45) is 0. The fourth-order valence-electron chi connectivity index (χ4n) is 0. The highest BCUT2D eigenvalue weighted by atomic mass is 80.0. The molecular weight excluding hydrogens is 334 g/mol. The van der Waals surface area contributed by atoms with Gasteiger partial charge in [0.05, 0.1) is 0 Å². The highest BCUT2D eigenvalue weighted by Crippen LogP contribution is 2.09. The Balaban J connectivity index is 0. The SMILES string of the molecule is Br.BrN(Br)Br. The van der Waals surface area contributed by atoms with Crippen LogP contribution in [0.1, 0.15) is 0 Å². The average molecular weight is 335 g/mol. The highest BCUT2D eigenvalue weighted by Gasteiger charge is 1.70. The van der Waals surface area contributed by atoms with Crippen LogP contribution in [-0.4, -0.2) is 1.98 Å². The van der Waals surface area contributed by atoms with Crippen LogP contribution in [0, 0.1) is 0 Å². The van der Waals surface area contributed by atoms with E-state index in [1.807, 2.05) is 0 Å². The predicted molar refractivity (Wildman–Crippen MR) is 38.9 cm³/mol. The number of hydrogen-bond donors (Lipinski definition) is 0. The zero-order valence-corrected chi connectivity index (χ0v) is 8.46. The van der Waals surface area contributed by atoms with E-state index in [2.05, 4.69) is 48.4 Å². The number of rotatable bonds is 0. The highest BCUT2D eigenvalue weighted by molar-refractivity contribution is 9.33. The molecule has 0 rings (SSSR count). The quantitative estimate of drug-likeness (QED) is 0.616. The molecule has 5 heavy (non-hydrogen) atoms. The predicted octanol–water partition coefficient (Wildman–Crippen LogP) is 2.80. The molecule has 0 fully saturated rings. The molecule has 34 valence electrons. The average Bonchev–Trinajstić information content (AvgIpc) is 0.811. The van der Waals surface area contributed by atoms with Crippen molar-refractivity contribution in [3.05, 3.63) is 0 Å². The largest absolute Gasteiger partial charge is 0.114 e. The lowest BCUT2D eigenvalue weighted by Gasteiger charge is -1.77. The maximum atomic E-state index is 2.94. The topological polar surface area (TPSA) is 3.24 Å². The van der Waals surface area contributed by atoms with Crippen molar-refractivity contribution in [1.82, 2.24) is 1.98 Å². The van der Waals surface area contributed by atoms with Crippen LogP contribution in [0.15, 0.2) is 0 Å². The molecule has 0 heterocycles. The van der Waals surface area contributed by atoms with Crippen molar-refractivity contribution in [3.8, 4) is 0 Å². The summed E-state index contributed by atoms with van der Waals surface area (Å²) >= 11 is 8.81. The summed E-state index contributed by atoms with van der Waals surface area (Å²) in [5.74, 6) is 0. The van der Waals surface area contributed by atoms with Crippen LogP contribution in [0.5, 0.6) is 0 Å². The van der Waals surface area contributed by atoms with Crippen LogP contribution in [0.25, 0.3) is 0 Å². The summed E-state index contributed by atoms with van der Waals surface area (Å²) in [5.41, 5.74) is 0. The molecular formula is HBr4N. The second-order valence-electron chi connectivity index (χ2n) is 0.192. The standard InChI is InChI=1S/Br3N.BrH/c1-4(2)3;/h;1H. The third-order valence-electron chi connectivity index (χ3n) is 0. The van der Waals surface area contributed by atoms with Gasteiger partial charge in [0.1, 0.15) is 0 Å². The van der Waals surface area contributed by atoms with E-state index in [1.54, 1.807) is 0 Å². The second kappa shape index (κ2) is 5.88. The first kappa shape index (κ1) is 9.99. The van der Waals surface area contributed by atoms with E-state index >= 15 is 0 Å². The van der Waals surface area contributed by atoms with Crippen molar-refractivity contribution in [2.24, 2.45) is 0 Å². The molecule has 0 aliphatic rings. The van der Waals surface area contributed by atoms with Gasteiger partial charge in [-0.3, -0.25) is 0 Å². The molecule has 0 aromatic heterocycles. The molecule has 0 aliphatic heterocycles. The minimum Gasteiger partial charge on any atom is -0.114 e. The van der Waals surface area contributed by atoms with E-state index in [-0.39, 0.29) is 17.0 Å². The number of halogens is 4. The first-order valence-electron chi connectivity index (χ1n) is 0.507. The Morgan fingerprint density at radius 3 is 1.00 bits per heavy atom. The number of hydrogen-bond acceptors (Lipinski definition) is 1. The van der Waals surface area contributed by atoms with E-state index in [0.717, 1.165) is 0 Å². The van der Waals surface area contributed by atoms with Crippen LogP contribution >= 0.6 is 65.4 Å². The zero-order chi connectivity index (χ0) is 3.58. The molecule has 0 aromatic carbocycles. The molecule has 0 radical (unpaired) electrons. The van der Waals surface area contributed by atoms with Crippen molar-refractivity contribution < 1.29 is 0 Å². The Morgan fingerprint density at radius 1 is 1.00 bits per heavy atom. The van der Waals surface area contributed by atoms with Gasteiger partial charge in [-0.15, -0.1) is 19.0 Å². The van der Waals surface area contributed by atoms with Gasteiger partial charge in [0.25, 0.3) is 0 Å². The summed E-state index contributed by atoms with van der Waals surface area (Å²) in [4.78, 5) is 0. The maximum absolute atomic E-state index is 2.94. The van der Waals surface area contributed by atoms with Crippen molar-refractivity contribution in [2.45, 2.75) is 0 Å². The minimum atomic E-state index is 0. The molecule has 0 unspecified atom stereocenters. The van der Waals surface area contributed by atoms with Crippen molar-refractivity contribution in [1.29, 1.82) is 0 Å². The van der Waals surface area contributed by atoms with Crippen molar-refractivity contribution in [2.75, 3.05) is 0 Å². The lowest BCUT2D eigenvalue weighted by atomic mass is 14.0. The van der Waals surface area contributed by atoms with Gasteiger partial charge in [-0.05, 0) is 0 Å². The molecule has 0 amide bonds. The molecule has 0 atom stereocenters. The van der Waals surface area contributed by atoms with Crippen molar-refractivity contribution in [3.63, 3.8) is 0 Å². The summed E-state index contributed by atoms with van der Waals surface area (Å²) in [5, 5.41) is 0. The van der Waals surface area contributed by atoms with E-state index in [1.165, 1.54) is 1.98 Å². The van der Waals surface area contributed by atoms with Gasteiger partial charge in [-0.2, -0.15) is 0 Å². The smallest absolute Gasteiger partial charge is 0.0364 e. The van der Waals surface area contributed by atoms with Crippen LogP contribution < -0.4 is 0 Å². The van der Waals surface area contributed by atoms with Gasteiger partial charge in [0.2, 0.25) is 0 Å². The lowest BCUT2D eigenvalue weighted by molar-refractivity contribution is 1.44. The fraction of sp³-hybridized carbons (Fsp3) is 0. The van der Waals surface area contributed by atoms with Gasteiger partial charge in [0.15, 0.2) is 0 Å². The fourth-order valence-corrected chi connectivity index (χ4v) is 0. The Morgan fingerprint density at radius 2 is 1.00 bits per heavy atom. The molecule has 5 heteroatoms. The Labute approximate surface area is 66.9 Å². The molecule has 0 aliphatic carbocycles. The maximum Gasteiger partial charge on any atom is 0.0364 e. The third kappa shape index (κ3) is 25.0. The van der Waals surface area contributed by atoms with Crippen LogP contribution in [0.3, 0.4) is 0 Å². The summed E-state index contributed by atoms with van der Waals surface area (Å²) in [6, 6.07) is 0. The molecule has 0 N–H and O–H groups in total. The minimum absolute atomic E-state index is 0. The van der Waals surface area contributed by atoms with E-state index in [4.69, 9.17) is 0 Å². The van der Waals surface area contributed by atoms with Crippen molar-refractivity contribution >= 4 is 65.4 Å². The normalized spacial score (nSPS) is 7.20. The Kier molecular flexibility index (Phi) is 11.7. The third-order valence-corrected chi connectivity index (χ3v) is 0. The summed E-state index contributed by atoms with van der Waals surface area (Å²) in [6.45, 7) is 0. The lowest BCUT2D eigenvalue weighted by Crippen LogP contribution is -1.56. The van der Waals surface area contributed by atoms with Gasteiger partial charge < -0.3 is 0 Å². The monoisotopic (exact) mass is 331 g/mol. The molecule has 0 spiro atoms. The van der Waals surface area contributed by atoms with Gasteiger partial charge in [0, 0.05) is 48.4 Å². The van der Waals surface area contributed by atoms with Gasteiger partial charge in [-0.1, -0.05) is 0 Å². The molecule has 0 saturated carbocycles. The molecule has 0 bridgehead atoms. The first-order valence-corrected chi connectivity index (χ1v) is 2.63. The Bertz CT molecular complexity index is 8.36. The van der Waals surface area contributed by atoms with E-state index in [9.17, 15) is 0 Å². The van der Waals surface area contributed by atoms with E-state index in [0.29, 0.717) is 0 Å². The summed E-state index contributed by atoms with van der Waals surface area (Å²) in [7, 11) is 0. The molecule has 1 nitrogen and oxygen atoms in total. The van der Waals surface area contributed by atoms with Crippen LogP contribution in [0.2, 0.25) is 0 Å². The Hall–Kier alpha value is 1.88. The molecule has 0 aromatic rings. The summed E-state index contributed by atoms with van der Waals surface area (Å²) < 4.78 is 1.44. The zero-order valence-electron chi connectivity index (χ0n) is 1.99. The molecule has 0 saturated heterocycles. The van der Waals surface area contributed by atoms with Gasteiger partial charge >= 0.3 is 0 Å². The van der Waals surface area contributed by atoms with Crippen LogP contribution in [0.4, 0.5) is 0 Å². The van der Waals surface area contributed by atoms with E-state index < -0.39 is 0 Å².